The lowest BCUT2D eigenvalue weighted by atomic mass is 10.2. The van der Waals surface area contributed by atoms with Gasteiger partial charge in [0.05, 0.1) is 17.6 Å². The van der Waals surface area contributed by atoms with E-state index in [0.717, 1.165) is 0 Å². The Morgan fingerprint density at radius 3 is 2.57 bits per heavy atom. The molecule has 0 aliphatic carbocycles. The largest absolute Gasteiger partial charge is 0.435 e. The van der Waals surface area contributed by atoms with Crippen LogP contribution in [0.4, 0.5) is 14.5 Å². The van der Waals surface area contributed by atoms with Crippen LogP contribution in [-0.2, 0) is 16.6 Å². The predicted molar refractivity (Wildman–Crippen MR) is 81.3 cm³/mol. The third kappa shape index (κ3) is 3.79. The molecule has 9 heteroatoms. The highest BCUT2D eigenvalue weighted by molar-refractivity contribution is 7.92. The van der Waals surface area contributed by atoms with E-state index in [1.807, 2.05) is 6.92 Å². The maximum absolute atomic E-state index is 12.5. The van der Waals surface area contributed by atoms with Gasteiger partial charge in [0, 0.05) is 6.54 Å². The van der Waals surface area contributed by atoms with Gasteiger partial charge in [-0.3, -0.25) is 9.40 Å². The van der Waals surface area contributed by atoms with Crippen molar-refractivity contribution in [2.75, 3.05) is 4.72 Å². The minimum atomic E-state index is -3.81. The zero-order valence-corrected chi connectivity index (χ0v) is 13.7. The summed E-state index contributed by atoms with van der Waals surface area (Å²) in [6.07, 6.45) is 1.28. The van der Waals surface area contributed by atoms with Crippen LogP contribution in [0.2, 0.25) is 0 Å². The summed E-state index contributed by atoms with van der Waals surface area (Å²) in [5.41, 5.74) is 1.28. The second-order valence-corrected chi connectivity index (χ2v) is 6.52. The number of aromatic nitrogens is 2. The summed E-state index contributed by atoms with van der Waals surface area (Å²) in [7, 11) is -3.81. The van der Waals surface area contributed by atoms with Gasteiger partial charge in [-0.1, -0.05) is 0 Å². The van der Waals surface area contributed by atoms with Crippen LogP contribution in [0.1, 0.15) is 18.2 Å². The maximum Gasteiger partial charge on any atom is 0.387 e. The van der Waals surface area contributed by atoms with E-state index in [0.29, 0.717) is 17.8 Å². The van der Waals surface area contributed by atoms with Gasteiger partial charge in [0.15, 0.2) is 0 Å². The lowest BCUT2D eigenvalue weighted by Crippen LogP contribution is -2.15. The summed E-state index contributed by atoms with van der Waals surface area (Å²) in [6, 6.07) is 4.00. The van der Waals surface area contributed by atoms with Gasteiger partial charge in [0.25, 0.3) is 10.0 Å². The number of benzene rings is 1. The highest BCUT2D eigenvalue weighted by atomic mass is 32.2. The summed E-state index contributed by atoms with van der Waals surface area (Å²) in [5, 5.41) is 4.01. The standard InChI is InChI=1S/C14H17F2N3O3S/c1-4-19-10(3)13(8-17-19)23(20,21)18-12-6-5-11(7-9(12)2)22-14(15)16/h5-8,14,18H,4H2,1-3H3. The number of aryl methyl sites for hydroxylation is 2. The second-order valence-electron chi connectivity index (χ2n) is 4.87. The molecular formula is C14H17F2N3O3S. The lowest BCUT2D eigenvalue weighted by Gasteiger charge is -2.12. The molecule has 0 bridgehead atoms. The van der Waals surface area contributed by atoms with Gasteiger partial charge in [-0.05, 0) is 44.5 Å². The Morgan fingerprint density at radius 2 is 2.04 bits per heavy atom. The van der Waals surface area contributed by atoms with Crippen molar-refractivity contribution in [2.24, 2.45) is 0 Å². The number of sulfonamides is 1. The third-order valence-electron chi connectivity index (χ3n) is 3.31. The van der Waals surface area contributed by atoms with Crippen LogP contribution in [0.15, 0.2) is 29.3 Å². The molecule has 0 spiro atoms. The first-order valence-corrected chi connectivity index (χ1v) is 8.33. The van der Waals surface area contributed by atoms with Gasteiger partial charge in [0.1, 0.15) is 10.6 Å². The van der Waals surface area contributed by atoms with Gasteiger partial charge in [-0.25, -0.2) is 8.42 Å². The van der Waals surface area contributed by atoms with E-state index in [1.165, 1.54) is 24.4 Å². The predicted octanol–water partition coefficient (Wildman–Crippen LogP) is 2.92. The number of hydrogen-bond acceptors (Lipinski definition) is 4. The molecule has 1 heterocycles. The van der Waals surface area contributed by atoms with E-state index in [4.69, 9.17) is 0 Å². The van der Waals surface area contributed by atoms with E-state index >= 15 is 0 Å². The van der Waals surface area contributed by atoms with Gasteiger partial charge in [-0.2, -0.15) is 13.9 Å². The monoisotopic (exact) mass is 345 g/mol. The normalized spacial score (nSPS) is 11.7. The Hall–Kier alpha value is -2.16. The van der Waals surface area contributed by atoms with Crippen molar-refractivity contribution in [3.05, 3.63) is 35.7 Å². The van der Waals surface area contributed by atoms with Crippen LogP contribution in [0.5, 0.6) is 5.75 Å². The molecule has 1 aromatic heterocycles. The fraction of sp³-hybridized carbons (Fsp3) is 0.357. The molecular weight excluding hydrogens is 328 g/mol. The van der Waals surface area contributed by atoms with Gasteiger partial charge < -0.3 is 4.74 Å². The first-order valence-electron chi connectivity index (χ1n) is 6.85. The smallest absolute Gasteiger partial charge is 0.387 e. The van der Waals surface area contributed by atoms with E-state index in [-0.39, 0.29) is 16.3 Å². The number of alkyl halides is 2. The third-order valence-corrected chi connectivity index (χ3v) is 4.78. The van der Waals surface area contributed by atoms with E-state index < -0.39 is 16.6 Å². The molecule has 23 heavy (non-hydrogen) atoms. The molecule has 0 aliphatic heterocycles. The number of nitrogens with zero attached hydrogens (tertiary/aromatic N) is 2. The maximum atomic E-state index is 12.5. The fourth-order valence-electron chi connectivity index (χ4n) is 2.14. The van der Waals surface area contributed by atoms with Crippen LogP contribution in [-0.4, -0.2) is 24.8 Å². The molecule has 0 radical (unpaired) electrons. The first kappa shape index (κ1) is 17.2. The summed E-state index contributed by atoms with van der Waals surface area (Å²) in [6.45, 7) is 2.74. The minimum absolute atomic E-state index is 0.0320. The number of rotatable bonds is 6. The average Bonchev–Trinajstić information content (AvgIpc) is 2.83. The van der Waals surface area contributed by atoms with Crippen molar-refractivity contribution in [3.63, 3.8) is 0 Å². The summed E-state index contributed by atoms with van der Waals surface area (Å²) in [4.78, 5) is 0.0756. The Kier molecular flexibility index (Phi) is 4.88. The highest BCUT2D eigenvalue weighted by Gasteiger charge is 2.21. The number of anilines is 1. The molecule has 0 saturated heterocycles. The molecule has 1 aromatic carbocycles. The molecule has 0 amide bonds. The molecule has 0 saturated carbocycles. The van der Waals surface area contributed by atoms with E-state index in [1.54, 1.807) is 18.5 Å². The minimum Gasteiger partial charge on any atom is -0.435 e. The molecule has 0 atom stereocenters. The van der Waals surface area contributed by atoms with Crippen LogP contribution >= 0.6 is 0 Å². The first-order chi connectivity index (χ1) is 10.7. The zero-order chi connectivity index (χ0) is 17.2. The molecule has 126 valence electrons. The molecule has 0 unspecified atom stereocenters. The summed E-state index contributed by atoms with van der Waals surface area (Å²) >= 11 is 0. The van der Waals surface area contributed by atoms with Crippen molar-refractivity contribution in [3.8, 4) is 5.75 Å². The van der Waals surface area contributed by atoms with Crippen molar-refractivity contribution in [1.82, 2.24) is 9.78 Å². The second kappa shape index (κ2) is 6.53. The molecule has 2 aromatic rings. The molecule has 1 N–H and O–H groups in total. The van der Waals surface area contributed by atoms with Crippen LogP contribution < -0.4 is 9.46 Å². The number of nitrogens with one attached hydrogen (secondary N) is 1. The Labute approximate surface area is 133 Å². The summed E-state index contributed by atoms with van der Waals surface area (Å²) < 4.78 is 57.6. The highest BCUT2D eigenvalue weighted by Crippen LogP contribution is 2.25. The van der Waals surface area contributed by atoms with Crippen molar-refractivity contribution in [1.29, 1.82) is 0 Å². The fourth-order valence-corrected chi connectivity index (χ4v) is 3.45. The Bertz CT molecular complexity index is 804. The van der Waals surface area contributed by atoms with Gasteiger partial charge in [-0.15, -0.1) is 0 Å². The molecule has 2 rings (SSSR count). The topological polar surface area (TPSA) is 73.2 Å². The van der Waals surface area contributed by atoms with Crippen LogP contribution in [0, 0.1) is 13.8 Å². The quantitative estimate of drug-likeness (QED) is 0.874. The van der Waals surface area contributed by atoms with Gasteiger partial charge >= 0.3 is 6.61 Å². The molecule has 0 fully saturated rings. The number of halogens is 2. The SMILES string of the molecule is CCn1ncc(S(=O)(=O)Nc2ccc(OC(F)F)cc2C)c1C. The van der Waals surface area contributed by atoms with Crippen LogP contribution in [0.25, 0.3) is 0 Å². The van der Waals surface area contributed by atoms with Crippen molar-refractivity contribution < 1.29 is 21.9 Å². The van der Waals surface area contributed by atoms with Crippen molar-refractivity contribution in [2.45, 2.75) is 38.8 Å². The number of hydrogen-bond donors (Lipinski definition) is 1. The van der Waals surface area contributed by atoms with Gasteiger partial charge in [0.2, 0.25) is 0 Å². The average molecular weight is 345 g/mol. The zero-order valence-electron chi connectivity index (χ0n) is 12.9. The number of ether oxygens (including phenoxy) is 1. The summed E-state index contributed by atoms with van der Waals surface area (Å²) in [5.74, 6) is -0.0320. The molecule has 6 nitrogen and oxygen atoms in total. The lowest BCUT2D eigenvalue weighted by molar-refractivity contribution is -0.0498. The van der Waals surface area contributed by atoms with E-state index in [9.17, 15) is 17.2 Å². The van der Waals surface area contributed by atoms with Crippen LogP contribution in [0.3, 0.4) is 0 Å². The Balaban J connectivity index is 2.28. The van der Waals surface area contributed by atoms with E-state index in [2.05, 4.69) is 14.6 Å². The molecule has 0 aliphatic rings. The van der Waals surface area contributed by atoms with Crippen molar-refractivity contribution >= 4 is 15.7 Å². The Morgan fingerprint density at radius 1 is 1.35 bits per heavy atom.